The number of nitrogens with zero attached hydrogens (tertiary/aromatic N) is 2. The van der Waals surface area contributed by atoms with Gasteiger partial charge < -0.3 is 18.6 Å². The summed E-state index contributed by atoms with van der Waals surface area (Å²) in [6.07, 6.45) is 0. The van der Waals surface area contributed by atoms with Crippen LogP contribution in [0.3, 0.4) is 0 Å². The lowest BCUT2D eigenvalue weighted by Crippen LogP contribution is -2.20. The molecular formula is C20H19N3O5. The summed E-state index contributed by atoms with van der Waals surface area (Å²) < 4.78 is 21.6. The molecule has 0 atom stereocenters. The molecule has 8 heteroatoms. The quantitative estimate of drug-likeness (QED) is 0.697. The van der Waals surface area contributed by atoms with Gasteiger partial charge in [0.05, 0.1) is 0 Å². The van der Waals surface area contributed by atoms with Crippen LogP contribution < -0.4 is 19.5 Å². The number of aromatic nitrogens is 2. The van der Waals surface area contributed by atoms with E-state index in [-0.39, 0.29) is 25.3 Å². The average molecular weight is 381 g/mol. The summed E-state index contributed by atoms with van der Waals surface area (Å²) in [7, 11) is 0. The van der Waals surface area contributed by atoms with Crippen LogP contribution in [0.25, 0.3) is 11.5 Å². The summed E-state index contributed by atoms with van der Waals surface area (Å²) in [5.74, 6) is 2.20. The van der Waals surface area contributed by atoms with Crippen LogP contribution in [0.1, 0.15) is 25.3 Å². The van der Waals surface area contributed by atoms with Crippen LogP contribution in [0.15, 0.2) is 46.9 Å². The highest BCUT2D eigenvalue weighted by Crippen LogP contribution is 2.35. The maximum atomic E-state index is 12.1. The molecule has 4 rings (SSSR count). The molecule has 0 fully saturated rings. The maximum Gasteiger partial charge on any atom is 0.322 e. The lowest BCUT2D eigenvalue weighted by molar-refractivity contribution is -0.118. The van der Waals surface area contributed by atoms with E-state index in [1.807, 2.05) is 24.3 Å². The Morgan fingerprint density at radius 3 is 2.68 bits per heavy atom. The van der Waals surface area contributed by atoms with E-state index in [0.29, 0.717) is 28.7 Å². The van der Waals surface area contributed by atoms with Crippen LogP contribution in [-0.4, -0.2) is 29.5 Å². The maximum absolute atomic E-state index is 12.1. The summed E-state index contributed by atoms with van der Waals surface area (Å²) in [6, 6.07) is 12.9. The molecule has 3 aromatic rings. The topological polar surface area (TPSA) is 95.7 Å². The predicted octanol–water partition coefficient (Wildman–Crippen LogP) is 3.61. The number of anilines is 1. The predicted molar refractivity (Wildman–Crippen MR) is 101 cm³/mol. The summed E-state index contributed by atoms with van der Waals surface area (Å²) in [5, 5.41) is 10.3. The first-order chi connectivity index (χ1) is 13.6. The number of nitrogens with one attached hydrogen (secondary N) is 1. The number of carbonyl (C=O) groups is 1. The first-order valence-electron chi connectivity index (χ1n) is 8.84. The van der Waals surface area contributed by atoms with Crippen molar-refractivity contribution in [3.05, 3.63) is 48.0 Å². The Morgan fingerprint density at radius 1 is 1.11 bits per heavy atom. The molecule has 0 saturated carbocycles. The largest absolute Gasteiger partial charge is 0.484 e. The van der Waals surface area contributed by atoms with E-state index in [1.54, 1.807) is 18.2 Å². The molecule has 2 aromatic carbocycles. The molecule has 0 aliphatic carbocycles. The molecule has 1 aromatic heterocycles. The van der Waals surface area contributed by atoms with Gasteiger partial charge in [-0.15, -0.1) is 5.10 Å². The van der Waals surface area contributed by atoms with E-state index in [2.05, 4.69) is 29.4 Å². The SMILES string of the molecule is CC(C)c1ccc(OCC(=O)Nc2nnc(-c3ccc4c(c3)OCO4)o2)cc1. The second kappa shape index (κ2) is 7.59. The fourth-order valence-electron chi connectivity index (χ4n) is 2.67. The molecule has 1 aliphatic rings. The number of rotatable bonds is 6. The smallest absolute Gasteiger partial charge is 0.322 e. The van der Waals surface area contributed by atoms with Gasteiger partial charge in [-0.1, -0.05) is 31.1 Å². The highest BCUT2D eigenvalue weighted by atomic mass is 16.7. The van der Waals surface area contributed by atoms with Crippen molar-refractivity contribution in [2.45, 2.75) is 19.8 Å². The van der Waals surface area contributed by atoms with E-state index in [9.17, 15) is 4.79 Å². The Bertz CT molecular complexity index is 982. The Hall–Kier alpha value is -3.55. The second-order valence-electron chi connectivity index (χ2n) is 6.54. The normalized spacial score (nSPS) is 12.2. The van der Waals surface area contributed by atoms with Gasteiger partial charge in [0.25, 0.3) is 5.91 Å². The fourth-order valence-corrected chi connectivity index (χ4v) is 2.67. The van der Waals surface area contributed by atoms with E-state index in [4.69, 9.17) is 18.6 Å². The third-order valence-corrected chi connectivity index (χ3v) is 4.21. The van der Waals surface area contributed by atoms with Crippen LogP contribution in [0.2, 0.25) is 0 Å². The van der Waals surface area contributed by atoms with E-state index >= 15 is 0 Å². The van der Waals surface area contributed by atoms with Gasteiger partial charge in [-0.25, -0.2) is 0 Å². The molecule has 1 N–H and O–H groups in total. The minimum absolute atomic E-state index is 0.00331. The van der Waals surface area contributed by atoms with Crippen molar-refractivity contribution in [2.24, 2.45) is 0 Å². The third-order valence-electron chi connectivity index (χ3n) is 4.21. The van der Waals surface area contributed by atoms with Gasteiger partial charge in [0.2, 0.25) is 12.7 Å². The molecule has 28 heavy (non-hydrogen) atoms. The molecule has 0 radical (unpaired) electrons. The lowest BCUT2D eigenvalue weighted by Gasteiger charge is -2.08. The van der Waals surface area contributed by atoms with Gasteiger partial charge in [-0.3, -0.25) is 10.1 Å². The number of hydrogen-bond donors (Lipinski definition) is 1. The number of benzene rings is 2. The molecule has 0 bridgehead atoms. The fraction of sp³-hybridized carbons (Fsp3) is 0.250. The van der Waals surface area contributed by atoms with Crippen molar-refractivity contribution in [1.82, 2.24) is 10.2 Å². The van der Waals surface area contributed by atoms with Gasteiger partial charge in [-0.2, -0.15) is 0 Å². The number of amides is 1. The summed E-state index contributed by atoms with van der Waals surface area (Å²) >= 11 is 0. The van der Waals surface area contributed by atoms with Gasteiger partial charge in [0, 0.05) is 5.56 Å². The number of carbonyl (C=O) groups excluding carboxylic acids is 1. The third kappa shape index (κ3) is 3.90. The van der Waals surface area contributed by atoms with Crippen LogP contribution in [0.4, 0.5) is 6.01 Å². The zero-order valence-electron chi connectivity index (χ0n) is 15.5. The number of hydrogen-bond acceptors (Lipinski definition) is 7. The van der Waals surface area contributed by atoms with Crippen LogP contribution in [0, 0.1) is 0 Å². The lowest BCUT2D eigenvalue weighted by atomic mass is 10.0. The van der Waals surface area contributed by atoms with Gasteiger partial charge in [-0.05, 0) is 41.8 Å². The van der Waals surface area contributed by atoms with E-state index < -0.39 is 5.91 Å². The monoisotopic (exact) mass is 381 g/mol. The van der Waals surface area contributed by atoms with Crippen molar-refractivity contribution in [2.75, 3.05) is 18.7 Å². The minimum atomic E-state index is -0.395. The van der Waals surface area contributed by atoms with Crippen molar-refractivity contribution >= 4 is 11.9 Å². The molecular weight excluding hydrogens is 362 g/mol. The summed E-state index contributed by atoms with van der Waals surface area (Å²) in [5.41, 5.74) is 1.87. The summed E-state index contributed by atoms with van der Waals surface area (Å²) in [6.45, 7) is 4.25. The zero-order valence-corrected chi connectivity index (χ0v) is 15.5. The van der Waals surface area contributed by atoms with Gasteiger partial charge in [0.1, 0.15) is 5.75 Å². The standard InChI is InChI=1S/C20H19N3O5/c1-12(2)13-3-6-15(7-4-13)25-10-18(24)21-20-23-22-19(28-20)14-5-8-16-17(9-14)27-11-26-16/h3-9,12H,10-11H2,1-2H3,(H,21,23,24). The van der Waals surface area contributed by atoms with Crippen molar-refractivity contribution in [3.63, 3.8) is 0 Å². The Kier molecular flexibility index (Phi) is 4.84. The number of fused-ring (bicyclic) bond motifs is 1. The molecule has 0 saturated heterocycles. The van der Waals surface area contributed by atoms with Crippen molar-refractivity contribution in [1.29, 1.82) is 0 Å². The van der Waals surface area contributed by atoms with E-state index in [1.165, 1.54) is 5.56 Å². The molecule has 8 nitrogen and oxygen atoms in total. The van der Waals surface area contributed by atoms with E-state index in [0.717, 1.165) is 0 Å². The van der Waals surface area contributed by atoms with Crippen molar-refractivity contribution in [3.8, 4) is 28.7 Å². The zero-order chi connectivity index (χ0) is 19.5. The van der Waals surface area contributed by atoms with Gasteiger partial charge in [0.15, 0.2) is 18.1 Å². The Balaban J connectivity index is 1.34. The van der Waals surface area contributed by atoms with Crippen LogP contribution >= 0.6 is 0 Å². The first kappa shape index (κ1) is 17.8. The minimum Gasteiger partial charge on any atom is -0.484 e. The Labute approximate surface area is 161 Å². The molecule has 0 unspecified atom stereocenters. The number of ether oxygens (including phenoxy) is 3. The molecule has 2 heterocycles. The molecule has 1 aliphatic heterocycles. The van der Waals surface area contributed by atoms with Crippen molar-refractivity contribution < 1.29 is 23.4 Å². The molecule has 0 spiro atoms. The first-order valence-corrected chi connectivity index (χ1v) is 8.84. The summed E-state index contributed by atoms with van der Waals surface area (Å²) in [4.78, 5) is 12.1. The van der Waals surface area contributed by atoms with Crippen LogP contribution in [0.5, 0.6) is 17.2 Å². The molecule has 1 amide bonds. The molecule has 144 valence electrons. The Morgan fingerprint density at radius 2 is 1.89 bits per heavy atom. The second-order valence-corrected chi connectivity index (χ2v) is 6.54. The highest BCUT2D eigenvalue weighted by molar-refractivity contribution is 5.89. The highest BCUT2D eigenvalue weighted by Gasteiger charge is 2.17. The average Bonchev–Trinajstić information content (AvgIpc) is 3.35. The van der Waals surface area contributed by atoms with Crippen LogP contribution in [-0.2, 0) is 4.79 Å². The van der Waals surface area contributed by atoms with Gasteiger partial charge >= 0.3 is 6.01 Å².